The van der Waals surface area contributed by atoms with Crippen LogP contribution in [0.2, 0.25) is 0 Å². The molecule has 0 unspecified atom stereocenters. The molecule has 0 fully saturated rings. The van der Waals surface area contributed by atoms with Gasteiger partial charge in [-0.3, -0.25) is 4.79 Å². The summed E-state index contributed by atoms with van der Waals surface area (Å²) >= 11 is 0. The van der Waals surface area contributed by atoms with E-state index < -0.39 is 0 Å². The summed E-state index contributed by atoms with van der Waals surface area (Å²) in [6.45, 7) is 5.62. The van der Waals surface area contributed by atoms with Gasteiger partial charge in [0.25, 0.3) is 0 Å². The van der Waals surface area contributed by atoms with E-state index in [1.165, 1.54) is 0 Å². The predicted octanol–water partition coefficient (Wildman–Crippen LogP) is 5.01. The Balaban J connectivity index is 2.24. The summed E-state index contributed by atoms with van der Waals surface area (Å²) in [5.74, 6) is 1.51. The van der Waals surface area contributed by atoms with Crippen LogP contribution >= 0.6 is 0 Å². The smallest absolute Gasteiger partial charge is 0.153 e. The second-order valence-corrected chi connectivity index (χ2v) is 5.42. The van der Waals surface area contributed by atoms with Crippen LogP contribution in [0.25, 0.3) is 10.8 Å². The monoisotopic (exact) mass is 300 g/mol. The van der Waals surface area contributed by atoms with Crippen molar-refractivity contribution in [3.8, 4) is 11.5 Å². The molecule has 2 aromatic carbocycles. The van der Waals surface area contributed by atoms with Crippen molar-refractivity contribution in [3.63, 3.8) is 0 Å². The maximum Gasteiger partial charge on any atom is 0.153 e. The van der Waals surface area contributed by atoms with Gasteiger partial charge < -0.3 is 9.47 Å². The Labute approximate surface area is 132 Å². The van der Waals surface area contributed by atoms with Gasteiger partial charge in [0.2, 0.25) is 0 Å². The molecule has 0 saturated heterocycles. The molecule has 0 aliphatic rings. The van der Waals surface area contributed by atoms with E-state index >= 15 is 0 Å². The van der Waals surface area contributed by atoms with Gasteiger partial charge in [0, 0.05) is 0 Å². The van der Waals surface area contributed by atoms with Gasteiger partial charge in [-0.05, 0) is 47.9 Å². The summed E-state index contributed by atoms with van der Waals surface area (Å²) in [5.41, 5.74) is 0.600. The first kappa shape index (κ1) is 16.3. The SMILES string of the molecule is CCCCOc1ccc2cc(C=O)c(OCCCC)cc2c1. The number of carbonyl (C=O) groups excluding carboxylic acids is 1. The molecule has 22 heavy (non-hydrogen) atoms. The van der Waals surface area contributed by atoms with Gasteiger partial charge in [0.1, 0.15) is 11.5 Å². The summed E-state index contributed by atoms with van der Waals surface area (Å²) in [6, 6.07) is 9.75. The summed E-state index contributed by atoms with van der Waals surface area (Å²) in [5, 5.41) is 2.05. The Kier molecular flexibility index (Phi) is 6.26. The van der Waals surface area contributed by atoms with Crippen molar-refractivity contribution in [3.05, 3.63) is 35.9 Å². The van der Waals surface area contributed by atoms with Crippen LogP contribution < -0.4 is 9.47 Å². The molecule has 0 N–H and O–H groups in total. The van der Waals surface area contributed by atoms with Gasteiger partial charge in [-0.15, -0.1) is 0 Å². The van der Waals surface area contributed by atoms with Crippen LogP contribution in [0.15, 0.2) is 30.3 Å². The normalized spacial score (nSPS) is 10.6. The van der Waals surface area contributed by atoms with Crippen molar-refractivity contribution >= 4 is 17.1 Å². The molecule has 3 nitrogen and oxygen atoms in total. The van der Waals surface area contributed by atoms with Crippen molar-refractivity contribution in [2.24, 2.45) is 0 Å². The van der Waals surface area contributed by atoms with Gasteiger partial charge in [-0.25, -0.2) is 0 Å². The maximum atomic E-state index is 11.2. The zero-order valence-corrected chi connectivity index (χ0v) is 13.4. The van der Waals surface area contributed by atoms with E-state index in [1.54, 1.807) is 0 Å². The fraction of sp³-hybridized carbons (Fsp3) is 0.421. The molecule has 2 aromatic rings. The van der Waals surface area contributed by atoms with Crippen LogP contribution in [0.1, 0.15) is 49.9 Å². The summed E-state index contributed by atoms with van der Waals surface area (Å²) in [6.07, 6.45) is 5.07. The zero-order chi connectivity index (χ0) is 15.8. The number of hydrogen-bond acceptors (Lipinski definition) is 3. The van der Waals surface area contributed by atoms with E-state index in [9.17, 15) is 4.79 Å². The number of hydrogen-bond donors (Lipinski definition) is 0. The highest BCUT2D eigenvalue weighted by atomic mass is 16.5. The average molecular weight is 300 g/mol. The number of unbranched alkanes of at least 4 members (excludes halogenated alkanes) is 2. The minimum atomic E-state index is 0.600. The molecular weight excluding hydrogens is 276 g/mol. The van der Waals surface area contributed by atoms with Crippen molar-refractivity contribution in [2.75, 3.05) is 13.2 Å². The highest BCUT2D eigenvalue weighted by Crippen LogP contribution is 2.28. The lowest BCUT2D eigenvalue weighted by atomic mass is 10.1. The predicted molar refractivity (Wildman–Crippen MR) is 90.1 cm³/mol. The third kappa shape index (κ3) is 4.23. The Bertz CT molecular complexity index is 619. The Morgan fingerprint density at radius 1 is 0.909 bits per heavy atom. The molecule has 0 heterocycles. The molecule has 2 rings (SSSR count). The van der Waals surface area contributed by atoms with Crippen LogP contribution in [0.4, 0.5) is 0 Å². The Hall–Kier alpha value is -2.03. The minimum Gasteiger partial charge on any atom is -0.494 e. The number of carbonyl (C=O) groups is 1. The van der Waals surface area contributed by atoms with Crippen molar-refractivity contribution in [1.29, 1.82) is 0 Å². The topological polar surface area (TPSA) is 35.5 Å². The molecule has 0 aliphatic heterocycles. The standard InChI is InChI=1S/C19H24O3/c1-3-5-9-21-18-8-7-15-11-17(14-20)19(13-16(15)12-18)22-10-6-4-2/h7-8,11-14H,3-6,9-10H2,1-2H3. The molecular formula is C19H24O3. The van der Waals surface area contributed by atoms with Gasteiger partial charge in [0.15, 0.2) is 6.29 Å². The van der Waals surface area contributed by atoms with E-state index in [0.717, 1.165) is 55.1 Å². The molecule has 0 bridgehead atoms. The molecule has 0 spiro atoms. The molecule has 118 valence electrons. The third-order valence-corrected chi connectivity index (χ3v) is 3.59. The zero-order valence-electron chi connectivity index (χ0n) is 13.4. The molecule has 0 atom stereocenters. The van der Waals surface area contributed by atoms with Crippen LogP contribution in [-0.2, 0) is 0 Å². The number of benzene rings is 2. The molecule has 0 radical (unpaired) electrons. The third-order valence-electron chi connectivity index (χ3n) is 3.59. The van der Waals surface area contributed by atoms with Crippen molar-refractivity contribution < 1.29 is 14.3 Å². The largest absolute Gasteiger partial charge is 0.494 e. The average Bonchev–Trinajstić information content (AvgIpc) is 2.54. The quantitative estimate of drug-likeness (QED) is 0.482. The Morgan fingerprint density at radius 3 is 2.32 bits per heavy atom. The van der Waals surface area contributed by atoms with E-state index in [1.807, 2.05) is 30.3 Å². The number of rotatable bonds is 9. The first-order valence-electron chi connectivity index (χ1n) is 8.07. The minimum absolute atomic E-state index is 0.600. The lowest BCUT2D eigenvalue weighted by Crippen LogP contribution is -2.00. The first-order valence-corrected chi connectivity index (χ1v) is 8.07. The molecule has 0 amide bonds. The van der Waals surface area contributed by atoms with E-state index in [0.29, 0.717) is 17.9 Å². The van der Waals surface area contributed by atoms with Crippen LogP contribution in [0, 0.1) is 0 Å². The fourth-order valence-electron chi connectivity index (χ4n) is 2.24. The van der Waals surface area contributed by atoms with E-state index in [2.05, 4.69) is 13.8 Å². The van der Waals surface area contributed by atoms with E-state index in [4.69, 9.17) is 9.47 Å². The molecule has 0 saturated carbocycles. The molecule has 0 aliphatic carbocycles. The summed E-state index contributed by atoms with van der Waals surface area (Å²) in [7, 11) is 0. The lowest BCUT2D eigenvalue weighted by Gasteiger charge is -2.11. The highest BCUT2D eigenvalue weighted by Gasteiger charge is 2.07. The van der Waals surface area contributed by atoms with Crippen LogP contribution in [0.5, 0.6) is 11.5 Å². The molecule has 0 aromatic heterocycles. The van der Waals surface area contributed by atoms with Gasteiger partial charge >= 0.3 is 0 Å². The fourth-order valence-corrected chi connectivity index (χ4v) is 2.24. The molecule has 3 heteroatoms. The maximum absolute atomic E-state index is 11.2. The van der Waals surface area contributed by atoms with Crippen molar-refractivity contribution in [2.45, 2.75) is 39.5 Å². The number of aldehydes is 1. The summed E-state index contributed by atoms with van der Waals surface area (Å²) < 4.78 is 11.5. The van der Waals surface area contributed by atoms with Crippen LogP contribution in [0.3, 0.4) is 0 Å². The van der Waals surface area contributed by atoms with Gasteiger partial charge in [-0.2, -0.15) is 0 Å². The van der Waals surface area contributed by atoms with Crippen molar-refractivity contribution in [1.82, 2.24) is 0 Å². The first-order chi connectivity index (χ1) is 10.8. The highest BCUT2D eigenvalue weighted by molar-refractivity contribution is 5.92. The summed E-state index contributed by atoms with van der Waals surface area (Å²) in [4.78, 5) is 11.2. The second-order valence-electron chi connectivity index (χ2n) is 5.42. The van der Waals surface area contributed by atoms with Gasteiger partial charge in [-0.1, -0.05) is 32.8 Å². The van der Waals surface area contributed by atoms with E-state index in [-0.39, 0.29) is 0 Å². The number of fused-ring (bicyclic) bond motifs is 1. The number of ether oxygens (including phenoxy) is 2. The lowest BCUT2D eigenvalue weighted by molar-refractivity contribution is 0.111. The van der Waals surface area contributed by atoms with Gasteiger partial charge in [0.05, 0.1) is 18.8 Å². The second kappa shape index (κ2) is 8.42. The Morgan fingerprint density at radius 2 is 1.64 bits per heavy atom. The van der Waals surface area contributed by atoms with Crippen LogP contribution in [-0.4, -0.2) is 19.5 Å².